The summed E-state index contributed by atoms with van der Waals surface area (Å²) in [6.07, 6.45) is 7.32. The van der Waals surface area contributed by atoms with Crippen molar-refractivity contribution in [3.05, 3.63) is 155 Å². The quantitative estimate of drug-likeness (QED) is 0.168. The molecule has 6 aromatic rings. The predicted molar refractivity (Wildman–Crippen MR) is 198 cm³/mol. The van der Waals surface area contributed by atoms with E-state index in [1.807, 2.05) is 0 Å². The molecule has 2 aliphatic rings. The summed E-state index contributed by atoms with van der Waals surface area (Å²) in [5, 5.41) is 5.28. The molecule has 0 saturated carbocycles. The summed E-state index contributed by atoms with van der Waals surface area (Å²) in [6.45, 7) is 10.1. The topological polar surface area (TPSA) is 0 Å². The Morgan fingerprint density at radius 3 is 1.27 bits per heavy atom. The second-order valence-electron chi connectivity index (χ2n) is 13.5. The third kappa shape index (κ3) is 4.32. The number of hydrogen-bond donors (Lipinski definition) is 0. The van der Waals surface area contributed by atoms with Crippen molar-refractivity contribution in [3.8, 4) is 22.3 Å². The molecule has 0 bridgehead atoms. The van der Waals surface area contributed by atoms with Gasteiger partial charge in [-0.25, -0.2) is 0 Å². The van der Waals surface area contributed by atoms with Crippen LogP contribution in [0.4, 0.5) is 0 Å². The van der Waals surface area contributed by atoms with Crippen LogP contribution in [0, 0.1) is 0 Å². The standard InChI is InChI=1S/C44H40Si/c1-5-29-27-41-37(35-21-11-17-31-15-7-9-19-33(31)35)23-13-25-39(41)43(29)45(3,4)44-30(6-2)28-42-38(24-14-26-40(42)44)36-22-12-18-32-16-8-10-20-34(32)36/h7-28,43-44H,5-6H2,1-4H3. The molecule has 2 aliphatic carbocycles. The first-order valence-corrected chi connectivity index (χ1v) is 19.8. The first-order valence-electron chi connectivity index (χ1n) is 16.6. The van der Waals surface area contributed by atoms with Gasteiger partial charge >= 0.3 is 0 Å². The molecule has 45 heavy (non-hydrogen) atoms. The van der Waals surface area contributed by atoms with Gasteiger partial charge in [0.1, 0.15) is 0 Å². The first kappa shape index (κ1) is 28.0. The van der Waals surface area contributed by atoms with E-state index in [2.05, 4.69) is 160 Å². The van der Waals surface area contributed by atoms with Crippen LogP contribution < -0.4 is 0 Å². The monoisotopic (exact) mass is 596 g/mol. The summed E-state index contributed by atoms with van der Waals surface area (Å²) in [6, 6.07) is 45.4. The summed E-state index contributed by atoms with van der Waals surface area (Å²) in [7, 11) is -2.00. The largest absolute Gasteiger partial charge is 0.0722 e. The molecule has 0 heterocycles. The van der Waals surface area contributed by atoms with Gasteiger partial charge in [0.25, 0.3) is 0 Å². The summed E-state index contributed by atoms with van der Waals surface area (Å²) in [5.74, 6) is 0. The molecule has 0 aliphatic heterocycles. The van der Waals surface area contributed by atoms with E-state index in [0.29, 0.717) is 11.1 Å². The number of benzene rings is 6. The number of hydrogen-bond acceptors (Lipinski definition) is 0. The second-order valence-corrected chi connectivity index (χ2v) is 18.3. The van der Waals surface area contributed by atoms with Crippen molar-refractivity contribution in [1.29, 1.82) is 0 Å². The summed E-state index contributed by atoms with van der Waals surface area (Å²) in [4.78, 5) is 0. The Morgan fingerprint density at radius 1 is 0.444 bits per heavy atom. The van der Waals surface area contributed by atoms with Gasteiger partial charge in [0.05, 0.1) is 8.07 Å². The molecule has 8 rings (SSSR count). The van der Waals surface area contributed by atoms with Gasteiger partial charge in [-0.2, -0.15) is 0 Å². The Morgan fingerprint density at radius 2 is 0.822 bits per heavy atom. The average Bonchev–Trinajstić information content (AvgIpc) is 3.67. The van der Waals surface area contributed by atoms with Crippen molar-refractivity contribution in [1.82, 2.24) is 0 Å². The molecule has 220 valence electrons. The maximum atomic E-state index is 2.68. The van der Waals surface area contributed by atoms with Crippen molar-refractivity contribution in [2.24, 2.45) is 0 Å². The van der Waals surface area contributed by atoms with Crippen LogP contribution in [0.2, 0.25) is 13.1 Å². The highest BCUT2D eigenvalue weighted by Gasteiger charge is 2.48. The minimum absolute atomic E-state index is 0.486. The Labute approximate surface area is 268 Å². The number of allylic oxidation sites excluding steroid dienone is 2. The maximum absolute atomic E-state index is 2.68. The van der Waals surface area contributed by atoms with Crippen LogP contribution in [0.5, 0.6) is 0 Å². The second kappa shape index (κ2) is 10.9. The normalized spacial score (nSPS) is 17.3. The number of rotatable bonds is 6. The highest BCUT2D eigenvalue weighted by atomic mass is 28.3. The Hall–Kier alpha value is -4.46. The smallest absolute Gasteiger partial charge is 0.0679 e. The highest BCUT2D eigenvalue weighted by molar-refractivity contribution is 6.81. The molecule has 0 fully saturated rings. The Kier molecular flexibility index (Phi) is 6.77. The van der Waals surface area contributed by atoms with E-state index in [1.54, 1.807) is 22.3 Å². The molecule has 2 unspecified atom stereocenters. The molecule has 0 radical (unpaired) electrons. The molecule has 0 spiro atoms. The SMILES string of the molecule is CCC1=Cc2c(-c3cccc4ccccc34)cccc2C1[Si](C)(C)C1C(CC)=Cc2c(-c3cccc4ccccc34)cccc21. The van der Waals surface area contributed by atoms with Gasteiger partial charge in [0.2, 0.25) is 0 Å². The molecular formula is C44H40Si. The molecule has 2 atom stereocenters. The van der Waals surface area contributed by atoms with Gasteiger partial charge in [-0.3, -0.25) is 0 Å². The molecule has 1 heteroatoms. The van der Waals surface area contributed by atoms with E-state index in [9.17, 15) is 0 Å². The molecule has 0 amide bonds. The van der Waals surface area contributed by atoms with E-state index in [4.69, 9.17) is 0 Å². The fourth-order valence-corrected chi connectivity index (χ4v) is 13.8. The van der Waals surface area contributed by atoms with Gasteiger partial charge in [-0.15, -0.1) is 0 Å². The fraction of sp³-hybridized carbons (Fsp3) is 0.182. The van der Waals surface area contributed by atoms with Gasteiger partial charge in [-0.05, 0) is 78.9 Å². The zero-order valence-corrected chi connectivity index (χ0v) is 27.8. The van der Waals surface area contributed by atoms with Crippen LogP contribution in [0.1, 0.15) is 60.0 Å². The van der Waals surface area contributed by atoms with Crippen molar-refractivity contribution >= 4 is 41.8 Å². The van der Waals surface area contributed by atoms with E-state index in [-0.39, 0.29) is 0 Å². The van der Waals surface area contributed by atoms with E-state index >= 15 is 0 Å². The van der Waals surface area contributed by atoms with E-state index in [0.717, 1.165) is 12.8 Å². The van der Waals surface area contributed by atoms with E-state index < -0.39 is 8.07 Å². The molecule has 0 N–H and O–H groups in total. The fourth-order valence-electron chi connectivity index (χ4n) is 8.86. The van der Waals surface area contributed by atoms with Crippen LogP contribution >= 0.6 is 0 Å². The Balaban J connectivity index is 1.27. The van der Waals surface area contributed by atoms with E-state index in [1.165, 1.54) is 54.9 Å². The Bertz CT molecular complexity index is 2010. The maximum Gasteiger partial charge on any atom is 0.0722 e. The molecular weight excluding hydrogens is 557 g/mol. The third-order valence-electron chi connectivity index (χ3n) is 10.8. The molecule has 6 aromatic carbocycles. The van der Waals surface area contributed by atoms with Crippen LogP contribution in [0.3, 0.4) is 0 Å². The van der Waals surface area contributed by atoms with Crippen molar-refractivity contribution in [2.45, 2.75) is 50.9 Å². The lowest BCUT2D eigenvalue weighted by Crippen LogP contribution is -2.42. The molecule has 0 aromatic heterocycles. The van der Waals surface area contributed by atoms with Gasteiger partial charge in [0, 0.05) is 11.1 Å². The lowest BCUT2D eigenvalue weighted by atomic mass is 9.93. The predicted octanol–water partition coefficient (Wildman–Crippen LogP) is 12.6. The average molecular weight is 597 g/mol. The lowest BCUT2D eigenvalue weighted by molar-refractivity contribution is 0.898. The minimum Gasteiger partial charge on any atom is -0.0679 e. The zero-order valence-electron chi connectivity index (χ0n) is 26.8. The van der Waals surface area contributed by atoms with Gasteiger partial charge in [0.15, 0.2) is 0 Å². The van der Waals surface area contributed by atoms with Crippen LogP contribution in [-0.4, -0.2) is 8.07 Å². The van der Waals surface area contributed by atoms with Crippen molar-refractivity contribution in [3.63, 3.8) is 0 Å². The zero-order chi connectivity index (χ0) is 30.7. The van der Waals surface area contributed by atoms with Crippen LogP contribution in [0.15, 0.2) is 132 Å². The van der Waals surface area contributed by atoms with Crippen molar-refractivity contribution in [2.75, 3.05) is 0 Å². The first-order chi connectivity index (χ1) is 22.0. The highest BCUT2D eigenvalue weighted by Crippen LogP contribution is 2.56. The third-order valence-corrected chi connectivity index (χ3v) is 15.1. The van der Waals surface area contributed by atoms with Crippen LogP contribution in [-0.2, 0) is 0 Å². The van der Waals surface area contributed by atoms with Gasteiger partial charge in [-0.1, -0.05) is 172 Å². The summed E-state index contributed by atoms with van der Waals surface area (Å²) >= 11 is 0. The lowest BCUT2D eigenvalue weighted by Gasteiger charge is -2.40. The molecule has 0 nitrogen and oxygen atoms in total. The van der Waals surface area contributed by atoms with Gasteiger partial charge < -0.3 is 0 Å². The molecule has 0 saturated heterocycles. The van der Waals surface area contributed by atoms with Crippen LogP contribution in [0.25, 0.3) is 56.0 Å². The summed E-state index contributed by atoms with van der Waals surface area (Å²) < 4.78 is 0. The number of fused-ring (bicyclic) bond motifs is 4. The summed E-state index contributed by atoms with van der Waals surface area (Å²) in [5.41, 5.74) is 15.6. The van der Waals surface area contributed by atoms with Crippen molar-refractivity contribution < 1.29 is 0 Å². The minimum atomic E-state index is -2.00.